The van der Waals surface area contributed by atoms with Gasteiger partial charge in [-0.3, -0.25) is 0 Å². The topological polar surface area (TPSA) is 61.8 Å². The third kappa shape index (κ3) is 4.19. The molecule has 1 aliphatic rings. The second kappa shape index (κ2) is 6.24. The first kappa shape index (κ1) is 14.3. The van der Waals surface area contributed by atoms with Crippen molar-refractivity contribution in [2.45, 2.75) is 58.4 Å². The van der Waals surface area contributed by atoms with Crippen molar-refractivity contribution in [3.05, 3.63) is 0 Å². The van der Waals surface area contributed by atoms with Crippen LogP contribution in [0.1, 0.15) is 52.4 Å². The molecule has 0 aromatic carbocycles. The number of nitrogens with two attached hydrogens (primary N) is 1. The molecule has 1 saturated carbocycles. The van der Waals surface area contributed by atoms with Crippen LogP contribution in [0.2, 0.25) is 0 Å². The van der Waals surface area contributed by atoms with Crippen molar-refractivity contribution in [2.24, 2.45) is 16.3 Å². The molecule has 0 spiro atoms. The molecule has 4 nitrogen and oxygen atoms in total. The molecule has 1 rings (SSSR count). The molecule has 0 aliphatic heterocycles. The van der Waals surface area contributed by atoms with E-state index in [9.17, 15) is 0 Å². The molecule has 0 saturated heterocycles. The average molecular weight is 241 g/mol. The zero-order chi connectivity index (χ0) is 12.9. The second-order valence-corrected chi connectivity index (χ2v) is 5.89. The summed E-state index contributed by atoms with van der Waals surface area (Å²) in [6.07, 6.45) is 7.42. The van der Waals surface area contributed by atoms with Gasteiger partial charge in [-0.1, -0.05) is 31.8 Å². The minimum Gasteiger partial charge on any atom is -0.409 e. The molecule has 4 heteroatoms. The van der Waals surface area contributed by atoms with Crippen molar-refractivity contribution in [3.8, 4) is 0 Å². The van der Waals surface area contributed by atoms with Crippen LogP contribution in [0.25, 0.3) is 0 Å². The van der Waals surface area contributed by atoms with Gasteiger partial charge in [0.2, 0.25) is 0 Å². The number of unbranched alkanes of at least 4 members (excludes halogenated alkanes) is 1. The lowest BCUT2D eigenvalue weighted by Crippen LogP contribution is -2.37. The van der Waals surface area contributed by atoms with Crippen LogP contribution in [0.15, 0.2) is 5.16 Å². The Balaban J connectivity index is 2.14. The van der Waals surface area contributed by atoms with Gasteiger partial charge in [-0.15, -0.1) is 0 Å². The average Bonchev–Trinajstić information content (AvgIpc) is 2.20. The van der Waals surface area contributed by atoms with Gasteiger partial charge in [0.1, 0.15) is 5.84 Å². The largest absolute Gasteiger partial charge is 0.409 e. The van der Waals surface area contributed by atoms with Gasteiger partial charge in [-0.2, -0.15) is 0 Å². The minimum absolute atomic E-state index is 0.191. The monoisotopic (exact) mass is 241 g/mol. The van der Waals surface area contributed by atoms with Crippen molar-refractivity contribution in [2.75, 3.05) is 13.6 Å². The minimum atomic E-state index is -0.191. The van der Waals surface area contributed by atoms with Crippen LogP contribution >= 0.6 is 0 Å². The predicted octanol–water partition coefficient (Wildman–Crippen LogP) is 2.41. The van der Waals surface area contributed by atoms with E-state index < -0.39 is 0 Å². The molecule has 0 atom stereocenters. The molecule has 3 N–H and O–H groups in total. The molecule has 1 aliphatic carbocycles. The van der Waals surface area contributed by atoms with Crippen molar-refractivity contribution in [1.29, 1.82) is 0 Å². The molecule has 1 fully saturated rings. The summed E-state index contributed by atoms with van der Waals surface area (Å²) in [5.41, 5.74) is 5.47. The van der Waals surface area contributed by atoms with E-state index in [-0.39, 0.29) is 5.41 Å². The fraction of sp³-hybridized carbons (Fsp3) is 0.923. The summed E-state index contributed by atoms with van der Waals surface area (Å²) in [5, 5.41) is 11.8. The highest BCUT2D eigenvalue weighted by atomic mass is 16.4. The van der Waals surface area contributed by atoms with Crippen LogP contribution in [-0.4, -0.2) is 35.6 Å². The Morgan fingerprint density at radius 1 is 1.41 bits per heavy atom. The molecule has 0 heterocycles. The summed E-state index contributed by atoms with van der Waals surface area (Å²) in [4.78, 5) is 2.47. The first-order valence-electron chi connectivity index (χ1n) is 6.65. The van der Waals surface area contributed by atoms with Crippen LogP contribution in [0.4, 0.5) is 0 Å². The molecule has 0 bridgehead atoms. The molecule has 0 amide bonds. The molecule has 0 aromatic rings. The Labute approximate surface area is 105 Å². The molecular formula is C13H27N3O. The van der Waals surface area contributed by atoms with Crippen LogP contribution in [0.3, 0.4) is 0 Å². The normalized spacial score (nSPS) is 18.5. The highest BCUT2D eigenvalue weighted by Gasteiger charge is 2.24. The van der Waals surface area contributed by atoms with E-state index >= 15 is 0 Å². The van der Waals surface area contributed by atoms with Crippen LogP contribution < -0.4 is 5.73 Å². The maximum absolute atomic E-state index is 8.68. The van der Waals surface area contributed by atoms with Gasteiger partial charge < -0.3 is 15.8 Å². The zero-order valence-electron chi connectivity index (χ0n) is 11.4. The molecular weight excluding hydrogens is 214 g/mol. The van der Waals surface area contributed by atoms with Gasteiger partial charge in [-0.05, 0) is 39.3 Å². The summed E-state index contributed by atoms with van der Waals surface area (Å²) in [6.45, 7) is 5.21. The lowest BCUT2D eigenvalue weighted by atomic mass is 9.86. The molecule has 0 aromatic heterocycles. The second-order valence-electron chi connectivity index (χ2n) is 5.89. The van der Waals surface area contributed by atoms with E-state index in [1.165, 1.54) is 25.7 Å². The molecule has 17 heavy (non-hydrogen) atoms. The third-order valence-corrected chi connectivity index (χ3v) is 4.06. The number of amidine groups is 1. The summed E-state index contributed by atoms with van der Waals surface area (Å²) in [7, 11) is 2.22. The molecule has 100 valence electrons. The Morgan fingerprint density at radius 3 is 2.53 bits per heavy atom. The van der Waals surface area contributed by atoms with Gasteiger partial charge in [0.15, 0.2) is 0 Å². The maximum Gasteiger partial charge on any atom is 0.144 e. The fourth-order valence-corrected chi connectivity index (χ4v) is 2.20. The summed E-state index contributed by atoms with van der Waals surface area (Å²) < 4.78 is 0. The number of rotatable bonds is 7. The van der Waals surface area contributed by atoms with E-state index in [1.54, 1.807) is 0 Å². The van der Waals surface area contributed by atoms with Crippen LogP contribution in [-0.2, 0) is 0 Å². The number of hydrogen-bond acceptors (Lipinski definition) is 3. The van der Waals surface area contributed by atoms with Gasteiger partial charge in [0, 0.05) is 11.5 Å². The van der Waals surface area contributed by atoms with Crippen molar-refractivity contribution in [1.82, 2.24) is 4.90 Å². The first-order chi connectivity index (χ1) is 7.97. The number of oxime groups is 1. The van der Waals surface area contributed by atoms with Gasteiger partial charge in [-0.25, -0.2) is 0 Å². The summed E-state index contributed by atoms with van der Waals surface area (Å²) >= 11 is 0. The van der Waals surface area contributed by atoms with E-state index in [4.69, 9.17) is 10.9 Å². The Kier molecular flexibility index (Phi) is 5.25. The first-order valence-corrected chi connectivity index (χ1v) is 6.65. The molecule has 0 radical (unpaired) electrons. The number of hydrogen-bond donors (Lipinski definition) is 2. The standard InChI is InChI=1S/C13H27N3O/c1-13(2,12(14)15-17)9-4-5-10-16(3)11-7-6-8-11/h11,17H,4-10H2,1-3H3,(H2,14,15). The number of nitrogens with zero attached hydrogens (tertiary/aromatic N) is 2. The smallest absolute Gasteiger partial charge is 0.144 e. The van der Waals surface area contributed by atoms with Gasteiger partial charge >= 0.3 is 0 Å². The highest BCUT2D eigenvalue weighted by Crippen LogP contribution is 2.25. The van der Waals surface area contributed by atoms with Crippen molar-refractivity contribution in [3.63, 3.8) is 0 Å². The highest BCUT2D eigenvalue weighted by molar-refractivity contribution is 5.85. The van der Waals surface area contributed by atoms with Crippen LogP contribution in [0, 0.1) is 5.41 Å². The lowest BCUT2D eigenvalue weighted by Gasteiger charge is -2.35. The Morgan fingerprint density at radius 2 is 2.06 bits per heavy atom. The van der Waals surface area contributed by atoms with Crippen LogP contribution in [0.5, 0.6) is 0 Å². The molecule has 0 unspecified atom stereocenters. The predicted molar refractivity (Wildman–Crippen MR) is 71.3 cm³/mol. The van der Waals surface area contributed by atoms with Gasteiger partial charge in [0.05, 0.1) is 0 Å². The van der Waals surface area contributed by atoms with E-state index in [0.717, 1.165) is 25.4 Å². The van der Waals surface area contributed by atoms with E-state index in [0.29, 0.717) is 5.84 Å². The Hall–Kier alpha value is -0.770. The quantitative estimate of drug-likeness (QED) is 0.236. The van der Waals surface area contributed by atoms with E-state index in [1.807, 2.05) is 13.8 Å². The lowest BCUT2D eigenvalue weighted by molar-refractivity contribution is 0.156. The zero-order valence-corrected chi connectivity index (χ0v) is 11.4. The Bertz CT molecular complexity index is 259. The SMILES string of the molecule is CN(CCCCC(C)(C)C(N)=NO)C1CCC1. The van der Waals surface area contributed by atoms with E-state index in [2.05, 4.69) is 17.1 Å². The fourth-order valence-electron chi connectivity index (χ4n) is 2.20. The van der Waals surface area contributed by atoms with Gasteiger partial charge in [0.25, 0.3) is 0 Å². The summed E-state index contributed by atoms with van der Waals surface area (Å²) in [6, 6.07) is 0.826. The summed E-state index contributed by atoms with van der Waals surface area (Å²) in [5.74, 6) is 0.338. The van der Waals surface area contributed by atoms with Crippen molar-refractivity contribution < 1.29 is 5.21 Å². The maximum atomic E-state index is 8.68. The van der Waals surface area contributed by atoms with Crippen molar-refractivity contribution >= 4 is 5.84 Å². The third-order valence-electron chi connectivity index (χ3n) is 4.06.